The molecule has 2 aliphatic heterocycles. The van der Waals surface area contributed by atoms with Gasteiger partial charge >= 0.3 is 0 Å². The molecule has 1 amide bonds. The summed E-state index contributed by atoms with van der Waals surface area (Å²) in [4.78, 5) is 14.8. The number of aryl methyl sites for hydroxylation is 1. The molecule has 1 atom stereocenters. The van der Waals surface area contributed by atoms with Crippen molar-refractivity contribution in [2.24, 2.45) is 5.73 Å². The van der Waals surface area contributed by atoms with E-state index in [2.05, 4.69) is 0 Å². The Labute approximate surface area is 166 Å². The maximum Gasteiger partial charge on any atom is 0.264 e. The highest BCUT2D eigenvalue weighted by Crippen LogP contribution is 2.32. The molecule has 1 saturated heterocycles. The molecule has 1 unspecified atom stereocenters. The van der Waals surface area contributed by atoms with Crippen LogP contribution in [0.5, 0.6) is 0 Å². The lowest BCUT2D eigenvalue weighted by Gasteiger charge is -2.30. The molecule has 0 spiro atoms. The van der Waals surface area contributed by atoms with Crippen molar-refractivity contribution in [1.29, 1.82) is 0 Å². The van der Waals surface area contributed by atoms with Gasteiger partial charge in [-0.15, -0.1) is 0 Å². The number of sulfonamides is 1. The number of carbonyl (C=O) groups is 1. The summed E-state index contributed by atoms with van der Waals surface area (Å²) in [7, 11) is -3.74. The number of hydrogen-bond donors (Lipinski definition) is 1. The summed E-state index contributed by atoms with van der Waals surface area (Å²) in [6, 6.07) is 14.0. The van der Waals surface area contributed by atoms with Gasteiger partial charge in [-0.25, -0.2) is 8.42 Å². The highest BCUT2D eigenvalue weighted by Gasteiger charge is 2.31. The number of para-hydroxylation sites is 1. The van der Waals surface area contributed by atoms with Crippen LogP contribution in [0.1, 0.15) is 35.2 Å². The number of rotatable bonds is 4. The predicted molar refractivity (Wildman–Crippen MR) is 109 cm³/mol. The third kappa shape index (κ3) is 3.29. The molecule has 2 aromatic rings. The van der Waals surface area contributed by atoms with E-state index in [1.807, 2.05) is 24.3 Å². The number of benzene rings is 2. The Kier molecular flexibility index (Phi) is 5.12. The Morgan fingerprint density at radius 3 is 2.71 bits per heavy atom. The molecule has 6 nitrogen and oxygen atoms in total. The first kappa shape index (κ1) is 19.0. The average molecular weight is 400 g/mol. The summed E-state index contributed by atoms with van der Waals surface area (Å²) in [5, 5.41) is 0. The van der Waals surface area contributed by atoms with Crippen molar-refractivity contribution in [1.82, 2.24) is 4.90 Å². The van der Waals surface area contributed by atoms with E-state index in [-0.39, 0.29) is 16.8 Å². The fourth-order valence-corrected chi connectivity index (χ4v) is 5.77. The van der Waals surface area contributed by atoms with Gasteiger partial charge in [-0.3, -0.25) is 9.10 Å². The lowest BCUT2D eigenvalue weighted by atomic mass is 10.0. The largest absolute Gasteiger partial charge is 0.334 e. The normalized spacial score (nSPS) is 19.5. The van der Waals surface area contributed by atoms with Gasteiger partial charge in [0.1, 0.15) is 0 Å². The lowest BCUT2D eigenvalue weighted by molar-refractivity contribution is 0.0741. The van der Waals surface area contributed by atoms with Gasteiger partial charge in [-0.2, -0.15) is 0 Å². The number of nitrogens with zero attached hydrogens (tertiary/aromatic N) is 2. The van der Waals surface area contributed by atoms with Gasteiger partial charge in [0.15, 0.2) is 0 Å². The highest BCUT2D eigenvalue weighted by atomic mass is 32.2. The minimum Gasteiger partial charge on any atom is -0.334 e. The summed E-state index contributed by atoms with van der Waals surface area (Å²) in [6.07, 6.45) is 3.47. The van der Waals surface area contributed by atoms with Crippen LogP contribution in [0.25, 0.3) is 0 Å². The van der Waals surface area contributed by atoms with Gasteiger partial charge in [-0.05, 0) is 55.5 Å². The average Bonchev–Trinajstić information content (AvgIpc) is 3.21. The Hall–Kier alpha value is -2.38. The van der Waals surface area contributed by atoms with Gasteiger partial charge in [0.25, 0.3) is 15.9 Å². The second kappa shape index (κ2) is 7.56. The fraction of sp³-hybridized carbons (Fsp3) is 0.381. The van der Waals surface area contributed by atoms with E-state index in [1.165, 1.54) is 10.4 Å². The number of amides is 1. The van der Waals surface area contributed by atoms with Crippen molar-refractivity contribution >= 4 is 21.6 Å². The van der Waals surface area contributed by atoms with E-state index < -0.39 is 10.0 Å². The molecule has 0 aliphatic carbocycles. The lowest BCUT2D eigenvalue weighted by Crippen LogP contribution is -2.40. The molecular weight excluding hydrogens is 374 g/mol. The molecule has 2 heterocycles. The minimum atomic E-state index is -3.74. The number of nitrogens with two attached hydrogens (primary N) is 1. The summed E-state index contributed by atoms with van der Waals surface area (Å²) in [5.41, 5.74) is 7.95. The number of hydrogen-bond acceptors (Lipinski definition) is 4. The van der Waals surface area contributed by atoms with Crippen LogP contribution in [0.2, 0.25) is 0 Å². The Morgan fingerprint density at radius 1 is 1.07 bits per heavy atom. The number of fused-ring (bicyclic) bond motifs is 1. The molecule has 4 rings (SSSR count). The first-order valence-corrected chi connectivity index (χ1v) is 11.2. The Balaban J connectivity index is 1.67. The number of carbonyl (C=O) groups excluding carboxylic acids is 1. The predicted octanol–water partition coefficient (Wildman–Crippen LogP) is 2.39. The van der Waals surface area contributed by atoms with Crippen LogP contribution in [0, 0.1) is 0 Å². The molecule has 0 saturated carbocycles. The van der Waals surface area contributed by atoms with Crippen molar-refractivity contribution in [3.63, 3.8) is 0 Å². The fourth-order valence-electron chi connectivity index (χ4n) is 4.18. The van der Waals surface area contributed by atoms with Crippen molar-refractivity contribution in [2.75, 3.05) is 23.9 Å². The molecular formula is C21H25N3O3S. The van der Waals surface area contributed by atoms with E-state index in [4.69, 9.17) is 5.73 Å². The Bertz CT molecular complexity index is 990. The second-order valence-electron chi connectivity index (χ2n) is 7.37. The maximum atomic E-state index is 13.3. The third-order valence-electron chi connectivity index (χ3n) is 5.65. The molecule has 7 heteroatoms. The van der Waals surface area contributed by atoms with Crippen LogP contribution in [0.4, 0.5) is 5.69 Å². The summed E-state index contributed by atoms with van der Waals surface area (Å²) >= 11 is 0. The van der Waals surface area contributed by atoms with Crippen LogP contribution in [0.15, 0.2) is 53.4 Å². The minimum absolute atomic E-state index is 0.0294. The zero-order valence-electron chi connectivity index (χ0n) is 15.8. The van der Waals surface area contributed by atoms with Crippen LogP contribution in [0.3, 0.4) is 0 Å². The molecule has 0 aromatic heterocycles. The first-order chi connectivity index (χ1) is 13.5. The topological polar surface area (TPSA) is 83.7 Å². The van der Waals surface area contributed by atoms with Crippen molar-refractivity contribution in [3.8, 4) is 0 Å². The van der Waals surface area contributed by atoms with E-state index >= 15 is 0 Å². The molecule has 2 N–H and O–H groups in total. The second-order valence-corrected chi connectivity index (χ2v) is 9.23. The van der Waals surface area contributed by atoms with Crippen molar-refractivity contribution in [3.05, 3.63) is 59.7 Å². The highest BCUT2D eigenvalue weighted by molar-refractivity contribution is 7.92. The molecule has 0 bridgehead atoms. The SMILES string of the molecule is NCC1CCCN1C(=O)c1cccc(S(=O)(=O)N2CCCc3ccccc32)c1. The number of anilines is 1. The summed E-state index contributed by atoms with van der Waals surface area (Å²) in [6.45, 7) is 1.53. The van der Waals surface area contributed by atoms with Crippen LogP contribution in [-0.4, -0.2) is 44.9 Å². The monoisotopic (exact) mass is 399 g/mol. The van der Waals surface area contributed by atoms with E-state index in [0.717, 1.165) is 36.9 Å². The zero-order chi connectivity index (χ0) is 19.7. The summed E-state index contributed by atoms with van der Waals surface area (Å²) < 4.78 is 28.2. The quantitative estimate of drug-likeness (QED) is 0.856. The van der Waals surface area contributed by atoms with E-state index in [0.29, 0.717) is 25.2 Å². The molecule has 2 aromatic carbocycles. The van der Waals surface area contributed by atoms with Crippen LogP contribution in [-0.2, 0) is 16.4 Å². The smallest absolute Gasteiger partial charge is 0.264 e. The summed E-state index contributed by atoms with van der Waals surface area (Å²) in [5.74, 6) is -0.149. The van der Waals surface area contributed by atoms with Gasteiger partial charge in [0, 0.05) is 31.2 Å². The standard InChI is InChI=1S/C21H25N3O3S/c22-15-18-9-5-12-23(18)21(25)17-7-3-10-19(14-17)28(26,27)24-13-4-8-16-6-1-2-11-20(16)24/h1-3,6-7,10-11,14,18H,4-5,8-9,12-13,15,22H2. The zero-order valence-corrected chi connectivity index (χ0v) is 16.6. The van der Waals surface area contributed by atoms with Gasteiger partial charge in [0.2, 0.25) is 0 Å². The van der Waals surface area contributed by atoms with Gasteiger partial charge in [-0.1, -0.05) is 24.3 Å². The molecule has 148 valence electrons. The molecule has 1 fully saturated rings. The first-order valence-electron chi connectivity index (χ1n) is 9.74. The molecule has 0 radical (unpaired) electrons. The maximum absolute atomic E-state index is 13.3. The molecule has 2 aliphatic rings. The molecule has 28 heavy (non-hydrogen) atoms. The van der Waals surface area contributed by atoms with Gasteiger partial charge in [0.05, 0.1) is 10.6 Å². The van der Waals surface area contributed by atoms with Crippen LogP contribution < -0.4 is 10.0 Å². The van der Waals surface area contributed by atoms with E-state index in [1.54, 1.807) is 23.1 Å². The third-order valence-corrected chi connectivity index (χ3v) is 7.46. The van der Waals surface area contributed by atoms with Crippen molar-refractivity contribution in [2.45, 2.75) is 36.6 Å². The van der Waals surface area contributed by atoms with E-state index in [9.17, 15) is 13.2 Å². The number of likely N-dealkylation sites (tertiary alicyclic amines) is 1. The Morgan fingerprint density at radius 2 is 1.89 bits per heavy atom. The van der Waals surface area contributed by atoms with Gasteiger partial charge < -0.3 is 10.6 Å². The van der Waals surface area contributed by atoms with Crippen molar-refractivity contribution < 1.29 is 13.2 Å². The van der Waals surface area contributed by atoms with Crippen LogP contribution >= 0.6 is 0 Å².